The molecule has 1 amide bonds. The second-order valence-corrected chi connectivity index (χ2v) is 5.83. The molecular formula is C14H21N3O. The summed E-state index contributed by atoms with van der Waals surface area (Å²) in [6, 6.07) is 3.65. The van der Waals surface area contributed by atoms with Crippen LogP contribution in [-0.2, 0) is 0 Å². The third kappa shape index (κ3) is 2.63. The van der Waals surface area contributed by atoms with Gasteiger partial charge >= 0.3 is 0 Å². The zero-order valence-electron chi connectivity index (χ0n) is 11.3. The van der Waals surface area contributed by atoms with Crippen LogP contribution in [0.3, 0.4) is 0 Å². The van der Waals surface area contributed by atoms with Crippen LogP contribution in [0.4, 0.5) is 5.82 Å². The molecule has 3 N–H and O–H groups in total. The highest BCUT2D eigenvalue weighted by Gasteiger charge is 2.35. The maximum atomic E-state index is 12.2. The van der Waals surface area contributed by atoms with E-state index < -0.39 is 0 Å². The van der Waals surface area contributed by atoms with Crippen LogP contribution in [-0.4, -0.2) is 16.9 Å². The van der Waals surface area contributed by atoms with Gasteiger partial charge in [-0.1, -0.05) is 20.3 Å². The Balaban J connectivity index is 2.12. The summed E-state index contributed by atoms with van der Waals surface area (Å²) < 4.78 is 0. The van der Waals surface area contributed by atoms with E-state index in [9.17, 15) is 4.79 Å². The number of aryl methyl sites for hydroxylation is 1. The number of hydrogen-bond acceptors (Lipinski definition) is 3. The summed E-state index contributed by atoms with van der Waals surface area (Å²) in [5, 5.41) is 3.12. The minimum absolute atomic E-state index is 0.0489. The van der Waals surface area contributed by atoms with Crippen LogP contribution in [0.15, 0.2) is 12.1 Å². The number of rotatable bonds is 2. The van der Waals surface area contributed by atoms with Crippen molar-refractivity contribution in [3.63, 3.8) is 0 Å². The molecule has 4 heteroatoms. The van der Waals surface area contributed by atoms with E-state index >= 15 is 0 Å². The summed E-state index contributed by atoms with van der Waals surface area (Å²) >= 11 is 0. The number of nitrogens with one attached hydrogen (secondary N) is 1. The smallest absolute Gasteiger partial charge is 0.251 e. The van der Waals surface area contributed by atoms with E-state index in [0.717, 1.165) is 18.5 Å². The Bertz CT molecular complexity index is 448. The monoisotopic (exact) mass is 247 g/mol. The summed E-state index contributed by atoms with van der Waals surface area (Å²) in [4.78, 5) is 16.3. The molecule has 1 aliphatic rings. The predicted molar refractivity (Wildman–Crippen MR) is 72.3 cm³/mol. The highest BCUT2D eigenvalue weighted by Crippen LogP contribution is 2.37. The van der Waals surface area contributed by atoms with Gasteiger partial charge in [0.2, 0.25) is 0 Å². The van der Waals surface area contributed by atoms with Crippen LogP contribution in [0.5, 0.6) is 0 Å². The van der Waals surface area contributed by atoms with Gasteiger partial charge in [0.15, 0.2) is 0 Å². The molecule has 4 nitrogen and oxygen atoms in total. The Morgan fingerprint density at radius 1 is 1.50 bits per heavy atom. The van der Waals surface area contributed by atoms with E-state index in [0.29, 0.717) is 11.4 Å². The normalized spacial score (nSPS) is 21.8. The molecule has 18 heavy (non-hydrogen) atoms. The van der Waals surface area contributed by atoms with Crippen molar-refractivity contribution in [3.8, 4) is 0 Å². The predicted octanol–water partition coefficient (Wildman–Crippen LogP) is 2.28. The SMILES string of the molecule is Cc1cc(C(=O)NC2CCCC2(C)C)cc(N)n1. The van der Waals surface area contributed by atoms with Gasteiger partial charge in [0.1, 0.15) is 5.82 Å². The van der Waals surface area contributed by atoms with Gasteiger partial charge in [0, 0.05) is 17.3 Å². The Morgan fingerprint density at radius 2 is 2.22 bits per heavy atom. The molecule has 0 bridgehead atoms. The molecule has 1 aromatic heterocycles. The van der Waals surface area contributed by atoms with Crippen LogP contribution in [0.1, 0.15) is 49.2 Å². The van der Waals surface area contributed by atoms with Gasteiger partial charge in [-0.3, -0.25) is 4.79 Å². The van der Waals surface area contributed by atoms with E-state index in [1.165, 1.54) is 6.42 Å². The molecule has 0 aliphatic heterocycles. The van der Waals surface area contributed by atoms with Crippen molar-refractivity contribution in [2.24, 2.45) is 5.41 Å². The number of carbonyl (C=O) groups is 1. The lowest BCUT2D eigenvalue weighted by Gasteiger charge is -2.27. The molecule has 0 saturated heterocycles. The molecule has 1 aliphatic carbocycles. The first kappa shape index (κ1) is 12.9. The Kier molecular flexibility index (Phi) is 3.28. The first-order chi connectivity index (χ1) is 8.38. The summed E-state index contributed by atoms with van der Waals surface area (Å²) in [5.74, 6) is 0.345. The van der Waals surface area contributed by atoms with Crippen molar-refractivity contribution in [1.29, 1.82) is 0 Å². The van der Waals surface area contributed by atoms with E-state index in [1.54, 1.807) is 12.1 Å². The van der Waals surface area contributed by atoms with Gasteiger partial charge in [-0.15, -0.1) is 0 Å². The molecule has 1 aromatic rings. The van der Waals surface area contributed by atoms with Crippen molar-refractivity contribution in [2.45, 2.75) is 46.1 Å². The Morgan fingerprint density at radius 3 is 2.78 bits per heavy atom. The molecule has 98 valence electrons. The zero-order valence-corrected chi connectivity index (χ0v) is 11.3. The zero-order chi connectivity index (χ0) is 13.3. The second kappa shape index (κ2) is 4.59. The van der Waals surface area contributed by atoms with Gasteiger partial charge in [-0.05, 0) is 37.3 Å². The molecule has 2 rings (SSSR count). The lowest BCUT2D eigenvalue weighted by Crippen LogP contribution is -2.41. The van der Waals surface area contributed by atoms with Crippen molar-refractivity contribution in [3.05, 3.63) is 23.4 Å². The average Bonchev–Trinajstić information content (AvgIpc) is 2.57. The largest absolute Gasteiger partial charge is 0.384 e. The third-order valence-electron chi connectivity index (χ3n) is 3.80. The van der Waals surface area contributed by atoms with Crippen LogP contribution < -0.4 is 11.1 Å². The first-order valence-corrected chi connectivity index (χ1v) is 6.43. The minimum Gasteiger partial charge on any atom is -0.384 e. The van der Waals surface area contributed by atoms with E-state index in [-0.39, 0.29) is 17.4 Å². The highest BCUT2D eigenvalue weighted by atomic mass is 16.1. The molecule has 0 spiro atoms. The van der Waals surface area contributed by atoms with Crippen molar-refractivity contribution in [2.75, 3.05) is 5.73 Å². The summed E-state index contributed by atoms with van der Waals surface area (Å²) in [5.41, 5.74) is 7.22. The molecule has 1 heterocycles. The fraction of sp³-hybridized carbons (Fsp3) is 0.571. The Labute approximate surface area is 108 Å². The van der Waals surface area contributed by atoms with E-state index in [4.69, 9.17) is 5.73 Å². The van der Waals surface area contributed by atoms with Gasteiger partial charge in [-0.25, -0.2) is 4.98 Å². The summed E-state index contributed by atoms with van der Waals surface area (Å²) in [6.45, 7) is 6.25. The minimum atomic E-state index is -0.0489. The number of anilines is 1. The van der Waals surface area contributed by atoms with Crippen LogP contribution >= 0.6 is 0 Å². The van der Waals surface area contributed by atoms with Gasteiger partial charge in [0.25, 0.3) is 5.91 Å². The average molecular weight is 247 g/mol. The van der Waals surface area contributed by atoms with Gasteiger partial charge in [0.05, 0.1) is 0 Å². The molecule has 0 aromatic carbocycles. The maximum Gasteiger partial charge on any atom is 0.251 e. The third-order valence-corrected chi connectivity index (χ3v) is 3.80. The lowest BCUT2D eigenvalue weighted by molar-refractivity contribution is 0.0910. The molecular weight excluding hydrogens is 226 g/mol. The second-order valence-electron chi connectivity index (χ2n) is 5.83. The van der Waals surface area contributed by atoms with Crippen LogP contribution in [0, 0.1) is 12.3 Å². The van der Waals surface area contributed by atoms with Crippen LogP contribution in [0.25, 0.3) is 0 Å². The fourth-order valence-corrected chi connectivity index (χ4v) is 2.66. The first-order valence-electron chi connectivity index (χ1n) is 6.43. The van der Waals surface area contributed by atoms with Crippen molar-refractivity contribution >= 4 is 11.7 Å². The quantitative estimate of drug-likeness (QED) is 0.842. The lowest BCUT2D eigenvalue weighted by atomic mass is 9.87. The summed E-state index contributed by atoms with van der Waals surface area (Å²) in [7, 11) is 0. The molecule has 1 atom stereocenters. The fourth-order valence-electron chi connectivity index (χ4n) is 2.66. The van der Waals surface area contributed by atoms with Crippen molar-refractivity contribution < 1.29 is 4.79 Å². The molecule has 0 radical (unpaired) electrons. The van der Waals surface area contributed by atoms with E-state index in [2.05, 4.69) is 24.1 Å². The molecule has 1 saturated carbocycles. The molecule has 1 unspecified atom stereocenters. The van der Waals surface area contributed by atoms with Gasteiger partial charge < -0.3 is 11.1 Å². The number of pyridine rings is 1. The highest BCUT2D eigenvalue weighted by molar-refractivity contribution is 5.95. The molecule has 1 fully saturated rings. The van der Waals surface area contributed by atoms with Crippen LogP contribution in [0.2, 0.25) is 0 Å². The van der Waals surface area contributed by atoms with Gasteiger partial charge in [-0.2, -0.15) is 0 Å². The topological polar surface area (TPSA) is 68.0 Å². The Hall–Kier alpha value is -1.58. The van der Waals surface area contributed by atoms with Crippen molar-refractivity contribution in [1.82, 2.24) is 10.3 Å². The number of nitrogen functional groups attached to an aromatic ring is 1. The maximum absolute atomic E-state index is 12.2. The number of amides is 1. The summed E-state index contributed by atoms with van der Waals surface area (Å²) in [6.07, 6.45) is 3.39. The number of nitrogens with zero attached hydrogens (tertiary/aromatic N) is 1. The van der Waals surface area contributed by atoms with E-state index in [1.807, 2.05) is 6.92 Å². The standard InChI is InChI=1S/C14H21N3O/c1-9-7-10(8-12(15)16-9)13(18)17-11-5-4-6-14(11,2)3/h7-8,11H,4-6H2,1-3H3,(H2,15,16)(H,17,18). The number of aromatic nitrogens is 1. The number of nitrogens with two attached hydrogens (primary N) is 1. The number of hydrogen-bond donors (Lipinski definition) is 2. The number of carbonyl (C=O) groups excluding carboxylic acids is 1.